The lowest BCUT2D eigenvalue weighted by Gasteiger charge is -2.16. The second-order valence-corrected chi connectivity index (χ2v) is 3.53. The molecule has 0 spiro atoms. The van der Waals surface area contributed by atoms with E-state index in [1.54, 1.807) is 13.0 Å². The Labute approximate surface area is 98.5 Å². The maximum Gasteiger partial charge on any atom is 0.326 e. The number of carbonyl (C=O) groups is 3. The first-order chi connectivity index (χ1) is 7.86. The molecule has 0 aliphatic heterocycles. The van der Waals surface area contributed by atoms with Crippen LogP contribution in [-0.2, 0) is 9.59 Å². The number of carboxylic acids is 2. The van der Waals surface area contributed by atoms with Gasteiger partial charge in [-0.25, -0.2) is 9.59 Å². The van der Waals surface area contributed by atoms with Crippen molar-refractivity contribution in [3.63, 3.8) is 0 Å². The minimum absolute atomic E-state index is 0.202. The van der Waals surface area contributed by atoms with Gasteiger partial charge in [0.15, 0.2) is 0 Å². The van der Waals surface area contributed by atoms with Gasteiger partial charge in [0.05, 0.1) is 6.42 Å². The quantitative estimate of drug-likeness (QED) is 0.477. The molecule has 0 saturated carbocycles. The van der Waals surface area contributed by atoms with E-state index in [9.17, 15) is 14.4 Å². The molecule has 0 radical (unpaired) electrons. The van der Waals surface area contributed by atoms with E-state index < -0.39 is 30.4 Å². The Morgan fingerprint density at radius 2 is 1.88 bits per heavy atom. The molecule has 0 aliphatic rings. The molecule has 0 heterocycles. The van der Waals surface area contributed by atoms with E-state index in [0.29, 0.717) is 6.42 Å². The predicted molar refractivity (Wildman–Crippen MR) is 59.6 cm³/mol. The topological polar surface area (TPSA) is 116 Å². The minimum atomic E-state index is -1.44. The summed E-state index contributed by atoms with van der Waals surface area (Å²) in [6, 6.07) is -2.36. The molecule has 0 aromatic carbocycles. The summed E-state index contributed by atoms with van der Waals surface area (Å²) < 4.78 is 0. The van der Waals surface area contributed by atoms with E-state index in [1.165, 1.54) is 0 Å². The number of carboxylic acid groups (broad SMARTS) is 2. The Balaban J connectivity index is 4.26. The van der Waals surface area contributed by atoms with Gasteiger partial charge in [0.2, 0.25) is 0 Å². The Bertz CT molecular complexity index is 316. The number of rotatable bonds is 7. The third kappa shape index (κ3) is 6.93. The Kier molecular flexibility index (Phi) is 6.39. The summed E-state index contributed by atoms with van der Waals surface area (Å²) in [4.78, 5) is 32.3. The number of amides is 2. The summed E-state index contributed by atoms with van der Waals surface area (Å²) in [6.07, 6.45) is 1.47. The maximum atomic E-state index is 11.3. The molecule has 0 bridgehead atoms. The summed E-state index contributed by atoms with van der Waals surface area (Å²) >= 11 is 0. The molecule has 0 saturated heterocycles. The molecular formula is C10H16N2O5. The van der Waals surface area contributed by atoms with Crippen LogP contribution in [-0.4, -0.2) is 40.3 Å². The van der Waals surface area contributed by atoms with Crippen molar-refractivity contribution in [2.24, 2.45) is 0 Å². The van der Waals surface area contributed by atoms with Crippen LogP contribution in [0.1, 0.15) is 19.8 Å². The van der Waals surface area contributed by atoms with Crippen molar-refractivity contribution >= 4 is 18.0 Å². The molecule has 17 heavy (non-hydrogen) atoms. The lowest BCUT2D eigenvalue weighted by molar-refractivity contribution is -0.145. The number of aliphatic carboxylic acids is 2. The van der Waals surface area contributed by atoms with E-state index in [2.05, 4.69) is 17.2 Å². The number of hydrogen-bond donors (Lipinski definition) is 4. The summed E-state index contributed by atoms with van der Waals surface area (Å²) in [6.45, 7) is 5.21. The normalized spacial score (nSPS) is 13.2. The molecule has 2 amide bonds. The molecule has 2 atom stereocenters. The number of hydrogen-bond acceptors (Lipinski definition) is 3. The van der Waals surface area contributed by atoms with Crippen LogP contribution in [0.2, 0.25) is 0 Å². The predicted octanol–water partition coefficient (Wildman–Crippen LogP) is 0.178. The minimum Gasteiger partial charge on any atom is -0.481 e. The van der Waals surface area contributed by atoms with Gasteiger partial charge in [-0.05, 0) is 13.3 Å². The smallest absolute Gasteiger partial charge is 0.326 e. The fraction of sp³-hybridized carbons (Fsp3) is 0.500. The lowest BCUT2D eigenvalue weighted by atomic mass is 10.2. The van der Waals surface area contributed by atoms with E-state index in [4.69, 9.17) is 10.2 Å². The van der Waals surface area contributed by atoms with Crippen molar-refractivity contribution < 1.29 is 24.6 Å². The third-order valence-corrected chi connectivity index (χ3v) is 1.88. The van der Waals surface area contributed by atoms with Crippen molar-refractivity contribution in [2.75, 3.05) is 0 Å². The molecule has 7 nitrogen and oxygen atoms in total. The van der Waals surface area contributed by atoms with Gasteiger partial charge in [-0.15, -0.1) is 6.58 Å². The summed E-state index contributed by atoms with van der Waals surface area (Å²) in [7, 11) is 0. The number of carbonyl (C=O) groups excluding carboxylic acids is 1. The standard InChI is InChI=1S/C10H16N2O5/c1-3-4-6(2)11-10(17)12-7(9(15)16)5-8(13)14/h3,6-7H,1,4-5H2,2H3,(H,13,14)(H,15,16)(H2,11,12,17)/t6?,7-/m0/s1. The van der Waals surface area contributed by atoms with Gasteiger partial charge in [0, 0.05) is 6.04 Å². The van der Waals surface area contributed by atoms with Crippen molar-refractivity contribution in [2.45, 2.75) is 31.8 Å². The van der Waals surface area contributed by atoms with Crippen molar-refractivity contribution in [1.29, 1.82) is 0 Å². The van der Waals surface area contributed by atoms with Crippen molar-refractivity contribution in [3.8, 4) is 0 Å². The maximum absolute atomic E-state index is 11.3. The van der Waals surface area contributed by atoms with Gasteiger partial charge < -0.3 is 20.8 Å². The molecule has 0 rings (SSSR count). The summed E-state index contributed by atoms with van der Waals surface area (Å²) in [5.41, 5.74) is 0. The highest BCUT2D eigenvalue weighted by Gasteiger charge is 2.23. The van der Waals surface area contributed by atoms with Gasteiger partial charge in [-0.3, -0.25) is 4.79 Å². The molecule has 96 valence electrons. The molecule has 4 N–H and O–H groups in total. The highest BCUT2D eigenvalue weighted by Crippen LogP contribution is 1.94. The Morgan fingerprint density at radius 3 is 2.29 bits per heavy atom. The van der Waals surface area contributed by atoms with E-state index in [1.807, 2.05) is 0 Å². The van der Waals surface area contributed by atoms with E-state index in [0.717, 1.165) is 0 Å². The highest BCUT2D eigenvalue weighted by molar-refractivity contribution is 5.86. The van der Waals surface area contributed by atoms with Crippen LogP contribution in [0.5, 0.6) is 0 Å². The van der Waals surface area contributed by atoms with Gasteiger partial charge >= 0.3 is 18.0 Å². The molecule has 0 fully saturated rings. The molecule has 1 unspecified atom stereocenters. The molecule has 7 heteroatoms. The number of urea groups is 1. The lowest BCUT2D eigenvalue weighted by Crippen LogP contribution is -2.49. The third-order valence-electron chi connectivity index (χ3n) is 1.88. The first-order valence-electron chi connectivity index (χ1n) is 4.99. The fourth-order valence-electron chi connectivity index (χ4n) is 1.11. The highest BCUT2D eigenvalue weighted by atomic mass is 16.4. The van der Waals surface area contributed by atoms with Gasteiger partial charge in [-0.2, -0.15) is 0 Å². The average molecular weight is 244 g/mol. The largest absolute Gasteiger partial charge is 0.481 e. The van der Waals surface area contributed by atoms with E-state index >= 15 is 0 Å². The second-order valence-electron chi connectivity index (χ2n) is 3.53. The van der Waals surface area contributed by atoms with Crippen LogP contribution in [0.3, 0.4) is 0 Å². The molecular weight excluding hydrogens is 228 g/mol. The average Bonchev–Trinajstić information content (AvgIpc) is 2.15. The Morgan fingerprint density at radius 1 is 1.29 bits per heavy atom. The fourth-order valence-corrected chi connectivity index (χ4v) is 1.11. The zero-order valence-corrected chi connectivity index (χ0v) is 9.47. The first kappa shape index (κ1) is 14.9. The molecule has 0 aromatic rings. The zero-order chi connectivity index (χ0) is 13.4. The molecule has 0 aromatic heterocycles. The van der Waals surface area contributed by atoms with Crippen molar-refractivity contribution in [3.05, 3.63) is 12.7 Å². The second kappa shape index (κ2) is 7.26. The molecule has 0 aliphatic carbocycles. The van der Waals surface area contributed by atoms with Crippen LogP contribution < -0.4 is 10.6 Å². The van der Waals surface area contributed by atoms with Crippen LogP contribution in [0.25, 0.3) is 0 Å². The van der Waals surface area contributed by atoms with Crippen LogP contribution in [0.4, 0.5) is 4.79 Å². The van der Waals surface area contributed by atoms with Gasteiger partial charge in [0.25, 0.3) is 0 Å². The van der Waals surface area contributed by atoms with Gasteiger partial charge in [0.1, 0.15) is 6.04 Å². The first-order valence-corrected chi connectivity index (χ1v) is 4.99. The van der Waals surface area contributed by atoms with E-state index in [-0.39, 0.29) is 6.04 Å². The zero-order valence-electron chi connectivity index (χ0n) is 9.47. The van der Waals surface area contributed by atoms with Gasteiger partial charge in [-0.1, -0.05) is 6.08 Å². The van der Waals surface area contributed by atoms with Crippen LogP contribution in [0.15, 0.2) is 12.7 Å². The Hall–Kier alpha value is -2.05. The van der Waals surface area contributed by atoms with Crippen LogP contribution in [0, 0.1) is 0 Å². The SMILES string of the molecule is C=CCC(C)NC(=O)N[C@@H](CC(=O)O)C(=O)O. The monoisotopic (exact) mass is 244 g/mol. The summed E-state index contributed by atoms with van der Waals surface area (Å²) in [5, 5.41) is 21.7. The summed E-state index contributed by atoms with van der Waals surface area (Å²) in [5.74, 6) is -2.68. The van der Waals surface area contributed by atoms with Crippen LogP contribution >= 0.6 is 0 Å². The van der Waals surface area contributed by atoms with Crippen molar-refractivity contribution in [1.82, 2.24) is 10.6 Å². The number of nitrogens with one attached hydrogen (secondary N) is 2.